The zero-order chi connectivity index (χ0) is 11.8. The van der Waals surface area contributed by atoms with E-state index in [4.69, 9.17) is 0 Å². The third kappa shape index (κ3) is 2.04. The maximum atomic E-state index is 4.51. The number of aromatic nitrogens is 3. The number of nitrogens with one attached hydrogen (secondary N) is 1. The van der Waals surface area contributed by atoms with Gasteiger partial charge in [-0.1, -0.05) is 12.1 Å². The summed E-state index contributed by atoms with van der Waals surface area (Å²) in [6.45, 7) is 1.97. The molecule has 17 heavy (non-hydrogen) atoms. The maximum Gasteiger partial charge on any atom is 0.178 e. The van der Waals surface area contributed by atoms with Crippen LogP contribution in [0.1, 0.15) is 5.69 Å². The highest BCUT2D eigenvalue weighted by Gasteiger charge is 2.06. The van der Waals surface area contributed by atoms with Crippen molar-refractivity contribution in [2.75, 3.05) is 0 Å². The van der Waals surface area contributed by atoms with Crippen molar-refractivity contribution in [1.29, 1.82) is 0 Å². The summed E-state index contributed by atoms with van der Waals surface area (Å²) >= 11 is 2.30. The van der Waals surface area contributed by atoms with Gasteiger partial charge < -0.3 is 4.98 Å². The van der Waals surface area contributed by atoms with E-state index in [-0.39, 0.29) is 0 Å². The van der Waals surface area contributed by atoms with Crippen molar-refractivity contribution in [1.82, 2.24) is 15.0 Å². The molecule has 1 N–H and O–H groups in total. The minimum Gasteiger partial charge on any atom is -0.337 e. The highest BCUT2D eigenvalue weighted by Crippen LogP contribution is 2.21. The van der Waals surface area contributed by atoms with Gasteiger partial charge in [0, 0.05) is 14.8 Å². The fourth-order valence-electron chi connectivity index (χ4n) is 1.76. The summed E-state index contributed by atoms with van der Waals surface area (Å²) in [5.74, 6) is 0.872. The highest BCUT2D eigenvalue weighted by molar-refractivity contribution is 14.1. The molecule has 4 heteroatoms. The number of rotatable bonds is 1. The Kier molecular flexibility index (Phi) is 2.58. The molecule has 0 saturated carbocycles. The SMILES string of the molecule is Cc1ccc2[nH]c(-c3cccc(I)c3)nc2n1. The zero-order valence-corrected chi connectivity index (χ0v) is 11.4. The Morgan fingerprint density at radius 3 is 2.82 bits per heavy atom. The van der Waals surface area contributed by atoms with Gasteiger partial charge in [-0.15, -0.1) is 0 Å². The van der Waals surface area contributed by atoms with E-state index in [0.29, 0.717) is 0 Å². The second-order valence-electron chi connectivity index (χ2n) is 3.92. The van der Waals surface area contributed by atoms with Crippen molar-refractivity contribution in [2.45, 2.75) is 6.92 Å². The summed E-state index contributed by atoms with van der Waals surface area (Å²) in [7, 11) is 0. The quantitative estimate of drug-likeness (QED) is 0.691. The van der Waals surface area contributed by atoms with Crippen LogP contribution in [0.4, 0.5) is 0 Å². The molecule has 0 saturated heterocycles. The van der Waals surface area contributed by atoms with E-state index in [1.807, 2.05) is 31.2 Å². The largest absolute Gasteiger partial charge is 0.337 e. The summed E-state index contributed by atoms with van der Waals surface area (Å²) in [5.41, 5.74) is 3.83. The summed E-state index contributed by atoms with van der Waals surface area (Å²) in [6.07, 6.45) is 0. The van der Waals surface area contributed by atoms with Gasteiger partial charge in [0.1, 0.15) is 5.82 Å². The Labute approximate surface area is 112 Å². The first-order valence-corrected chi connectivity index (χ1v) is 6.39. The Bertz CT molecular complexity index is 688. The number of aryl methyl sites for hydroxylation is 1. The van der Waals surface area contributed by atoms with E-state index in [2.05, 4.69) is 49.7 Å². The molecule has 3 rings (SSSR count). The van der Waals surface area contributed by atoms with Crippen LogP contribution in [0.15, 0.2) is 36.4 Å². The molecule has 0 aliphatic heterocycles. The molecular weight excluding hydrogens is 325 g/mol. The van der Waals surface area contributed by atoms with E-state index in [1.54, 1.807) is 0 Å². The molecule has 3 nitrogen and oxygen atoms in total. The number of nitrogens with zero attached hydrogens (tertiary/aromatic N) is 2. The number of imidazole rings is 1. The summed E-state index contributed by atoms with van der Waals surface area (Å²) < 4.78 is 1.20. The number of pyridine rings is 1. The monoisotopic (exact) mass is 335 g/mol. The number of halogens is 1. The number of H-pyrrole nitrogens is 1. The van der Waals surface area contributed by atoms with Crippen LogP contribution in [0.5, 0.6) is 0 Å². The molecule has 84 valence electrons. The average molecular weight is 335 g/mol. The van der Waals surface area contributed by atoms with Crippen LogP contribution in [0.25, 0.3) is 22.6 Å². The lowest BCUT2D eigenvalue weighted by Gasteiger charge is -1.96. The highest BCUT2D eigenvalue weighted by atomic mass is 127. The molecule has 0 bridgehead atoms. The lowest BCUT2D eigenvalue weighted by molar-refractivity contribution is 1.22. The number of fused-ring (bicyclic) bond motifs is 1. The molecule has 2 aromatic heterocycles. The fraction of sp³-hybridized carbons (Fsp3) is 0.0769. The molecule has 0 spiro atoms. The van der Waals surface area contributed by atoms with Gasteiger partial charge in [-0.05, 0) is 53.8 Å². The molecule has 0 aliphatic carbocycles. The van der Waals surface area contributed by atoms with Crippen molar-refractivity contribution >= 4 is 33.8 Å². The van der Waals surface area contributed by atoms with Gasteiger partial charge in [-0.3, -0.25) is 0 Å². The first kappa shape index (κ1) is 10.7. The van der Waals surface area contributed by atoms with Crippen molar-refractivity contribution in [3.8, 4) is 11.4 Å². The summed E-state index contributed by atoms with van der Waals surface area (Å²) in [4.78, 5) is 12.2. The van der Waals surface area contributed by atoms with Crippen LogP contribution < -0.4 is 0 Å². The number of hydrogen-bond donors (Lipinski definition) is 1. The first-order chi connectivity index (χ1) is 8.22. The topological polar surface area (TPSA) is 41.6 Å². The third-order valence-corrected chi connectivity index (χ3v) is 3.25. The molecular formula is C13H10IN3. The van der Waals surface area contributed by atoms with Crippen LogP contribution in [0.3, 0.4) is 0 Å². The molecule has 0 amide bonds. The van der Waals surface area contributed by atoms with Crippen molar-refractivity contribution < 1.29 is 0 Å². The Hall–Kier alpha value is -1.43. The van der Waals surface area contributed by atoms with Crippen molar-refractivity contribution in [3.63, 3.8) is 0 Å². The molecule has 2 heterocycles. The molecule has 0 fully saturated rings. The third-order valence-electron chi connectivity index (χ3n) is 2.58. The smallest absolute Gasteiger partial charge is 0.178 e. The molecule has 0 aliphatic rings. The average Bonchev–Trinajstić information content (AvgIpc) is 2.72. The van der Waals surface area contributed by atoms with Gasteiger partial charge in [0.05, 0.1) is 5.52 Å². The summed E-state index contributed by atoms with van der Waals surface area (Å²) in [6, 6.07) is 12.2. The predicted molar refractivity (Wildman–Crippen MR) is 76.8 cm³/mol. The zero-order valence-electron chi connectivity index (χ0n) is 9.24. The van der Waals surface area contributed by atoms with E-state index < -0.39 is 0 Å². The standard InChI is InChI=1S/C13H10IN3/c1-8-5-6-11-13(15-8)17-12(16-11)9-3-2-4-10(14)7-9/h2-7H,1H3,(H,15,16,17). The Morgan fingerprint density at radius 1 is 1.12 bits per heavy atom. The van der Waals surface area contributed by atoms with Gasteiger partial charge in [-0.25, -0.2) is 9.97 Å². The van der Waals surface area contributed by atoms with Gasteiger partial charge in [-0.2, -0.15) is 0 Å². The van der Waals surface area contributed by atoms with Crippen LogP contribution in [0, 0.1) is 10.5 Å². The van der Waals surface area contributed by atoms with E-state index in [0.717, 1.165) is 28.2 Å². The van der Waals surface area contributed by atoms with Crippen LogP contribution >= 0.6 is 22.6 Å². The van der Waals surface area contributed by atoms with E-state index in [9.17, 15) is 0 Å². The first-order valence-electron chi connectivity index (χ1n) is 5.32. The number of aromatic amines is 1. The molecule has 0 atom stereocenters. The van der Waals surface area contributed by atoms with Crippen LogP contribution in [0.2, 0.25) is 0 Å². The van der Waals surface area contributed by atoms with E-state index in [1.165, 1.54) is 3.57 Å². The van der Waals surface area contributed by atoms with Crippen LogP contribution in [-0.4, -0.2) is 15.0 Å². The Balaban J connectivity index is 2.18. The van der Waals surface area contributed by atoms with Gasteiger partial charge >= 0.3 is 0 Å². The summed E-state index contributed by atoms with van der Waals surface area (Å²) in [5, 5.41) is 0. The van der Waals surface area contributed by atoms with E-state index >= 15 is 0 Å². The molecule has 0 radical (unpaired) electrons. The second kappa shape index (κ2) is 4.10. The molecule has 1 aromatic carbocycles. The van der Waals surface area contributed by atoms with Crippen LogP contribution in [-0.2, 0) is 0 Å². The Morgan fingerprint density at radius 2 is 2.00 bits per heavy atom. The fourth-order valence-corrected chi connectivity index (χ4v) is 2.30. The minimum absolute atomic E-state index is 0.777. The van der Waals surface area contributed by atoms with Gasteiger partial charge in [0.25, 0.3) is 0 Å². The normalized spacial score (nSPS) is 10.9. The molecule has 0 unspecified atom stereocenters. The van der Waals surface area contributed by atoms with Crippen molar-refractivity contribution in [3.05, 3.63) is 45.7 Å². The van der Waals surface area contributed by atoms with Gasteiger partial charge in [0.2, 0.25) is 0 Å². The lowest BCUT2D eigenvalue weighted by atomic mass is 10.2. The number of hydrogen-bond acceptors (Lipinski definition) is 2. The van der Waals surface area contributed by atoms with Gasteiger partial charge in [0.15, 0.2) is 5.65 Å². The predicted octanol–water partition coefficient (Wildman–Crippen LogP) is 3.54. The maximum absolute atomic E-state index is 4.51. The number of benzene rings is 1. The second-order valence-corrected chi connectivity index (χ2v) is 5.17. The van der Waals surface area contributed by atoms with Crippen molar-refractivity contribution in [2.24, 2.45) is 0 Å². The lowest BCUT2D eigenvalue weighted by Crippen LogP contribution is -1.81. The minimum atomic E-state index is 0.777. The molecule has 3 aromatic rings.